The van der Waals surface area contributed by atoms with Gasteiger partial charge in [-0.1, -0.05) is 36.7 Å². The van der Waals surface area contributed by atoms with Crippen molar-refractivity contribution < 1.29 is 23.1 Å². The van der Waals surface area contributed by atoms with Gasteiger partial charge in [-0.2, -0.15) is 13.2 Å². The van der Waals surface area contributed by atoms with Crippen LogP contribution in [0.5, 0.6) is 0 Å². The molecule has 0 aromatic heterocycles. The van der Waals surface area contributed by atoms with Crippen LogP contribution in [-0.2, 0) is 4.79 Å². The molecule has 1 aromatic carbocycles. The van der Waals surface area contributed by atoms with Crippen LogP contribution in [0.15, 0.2) is 35.9 Å². The second-order valence-corrected chi connectivity index (χ2v) is 4.32. The largest absolute Gasteiger partial charge is 0.481 e. The summed E-state index contributed by atoms with van der Waals surface area (Å²) in [4.78, 5) is 11.2. The van der Waals surface area contributed by atoms with Gasteiger partial charge in [-0.05, 0) is 24.1 Å². The molecule has 0 aliphatic heterocycles. The summed E-state index contributed by atoms with van der Waals surface area (Å²) >= 11 is 5.64. The Morgan fingerprint density at radius 1 is 1.37 bits per heavy atom. The van der Waals surface area contributed by atoms with Crippen molar-refractivity contribution in [3.05, 3.63) is 46.5 Å². The highest BCUT2D eigenvalue weighted by Gasteiger charge is 2.42. The van der Waals surface area contributed by atoms with Gasteiger partial charge in [-0.3, -0.25) is 4.79 Å². The molecular formula is C13H12ClF3O2. The Bertz CT molecular complexity index is 478. The first-order chi connectivity index (χ1) is 8.77. The maximum Gasteiger partial charge on any atom is 0.413 e. The molecule has 1 unspecified atom stereocenters. The van der Waals surface area contributed by atoms with Crippen molar-refractivity contribution in [2.75, 3.05) is 0 Å². The highest BCUT2D eigenvalue weighted by atomic mass is 35.5. The molecule has 1 rings (SSSR count). The van der Waals surface area contributed by atoms with Gasteiger partial charge in [0, 0.05) is 10.6 Å². The molecular weight excluding hydrogens is 281 g/mol. The van der Waals surface area contributed by atoms with E-state index in [0.29, 0.717) is 5.02 Å². The molecule has 0 aliphatic rings. The minimum absolute atomic E-state index is 0.0499. The summed E-state index contributed by atoms with van der Waals surface area (Å²) in [6.07, 6.45) is -3.68. The summed E-state index contributed by atoms with van der Waals surface area (Å²) < 4.78 is 38.8. The lowest BCUT2D eigenvalue weighted by Gasteiger charge is -2.19. The summed E-state index contributed by atoms with van der Waals surface area (Å²) in [7, 11) is 0. The number of rotatable bonds is 4. The average Bonchev–Trinajstić information content (AvgIpc) is 2.29. The molecule has 2 nitrogen and oxygen atoms in total. The molecule has 1 aromatic rings. The maximum atomic E-state index is 12.9. The lowest BCUT2D eigenvalue weighted by atomic mass is 9.90. The number of carbonyl (C=O) groups is 1. The molecule has 0 amide bonds. The van der Waals surface area contributed by atoms with Crippen molar-refractivity contribution in [3.8, 4) is 0 Å². The summed E-state index contributed by atoms with van der Waals surface area (Å²) in [6, 6.07) is 5.31. The number of allylic oxidation sites excluding steroid dienone is 1. The van der Waals surface area contributed by atoms with Gasteiger partial charge in [0.15, 0.2) is 0 Å². The molecule has 0 radical (unpaired) electrons. The van der Waals surface area contributed by atoms with Crippen LogP contribution in [0.25, 0.3) is 0 Å². The van der Waals surface area contributed by atoms with Gasteiger partial charge in [0.1, 0.15) is 5.92 Å². The zero-order valence-corrected chi connectivity index (χ0v) is 10.8. The predicted molar refractivity (Wildman–Crippen MR) is 66.3 cm³/mol. The normalized spacial score (nSPS) is 14.3. The fourth-order valence-corrected chi connectivity index (χ4v) is 1.85. The zero-order valence-electron chi connectivity index (χ0n) is 10.0. The molecule has 0 fully saturated rings. The lowest BCUT2D eigenvalue weighted by molar-refractivity contribution is -0.142. The number of carboxylic acids is 1. The first-order valence-electron chi connectivity index (χ1n) is 5.53. The van der Waals surface area contributed by atoms with E-state index >= 15 is 0 Å². The number of hydrogen-bond donors (Lipinski definition) is 1. The number of aliphatic carboxylic acids is 1. The molecule has 6 heteroatoms. The third-order valence-electron chi connectivity index (χ3n) is 2.51. The van der Waals surface area contributed by atoms with Crippen molar-refractivity contribution in [1.29, 1.82) is 0 Å². The van der Waals surface area contributed by atoms with Gasteiger partial charge in [0.05, 0.1) is 0 Å². The van der Waals surface area contributed by atoms with Crippen LogP contribution in [0, 0.1) is 0 Å². The second-order valence-electron chi connectivity index (χ2n) is 3.89. The highest BCUT2D eigenvalue weighted by Crippen LogP contribution is 2.37. The van der Waals surface area contributed by atoms with Crippen molar-refractivity contribution in [1.82, 2.24) is 0 Å². The van der Waals surface area contributed by atoms with Gasteiger partial charge >= 0.3 is 12.1 Å². The topological polar surface area (TPSA) is 37.3 Å². The summed E-state index contributed by atoms with van der Waals surface area (Å²) in [5.74, 6) is -3.28. The van der Waals surface area contributed by atoms with Gasteiger partial charge in [-0.15, -0.1) is 0 Å². The molecule has 0 aliphatic carbocycles. The zero-order chi connectivity index (χ0) is 14.6. The van der Waals surface area contributed by atoms with Gasteiger partial charge in [0.25, 0.3) is 0 Å². The van der Waals surface area contributed by atoms with E-state index < -0.39 is 23.6 Å². The van der Waals surface area contributed by atoms with Crippen molar-refractivity contribution in [3.63, 3.8) is 0 Å². The van der Waals surface area contributed by atoms with Crippen LogP contribution in [0.1, 0.15) is 24.8 Å². The Hall–Kier alpha value is -1.49. The Morgan fingerprint density at radius 2 is 1.89 bits per heavy atom. The molecule has 104 valence electrons. The first-order valence-corrected chi connectivity index (χ1v) is 5.90. The molecule has 1 atom stereocenters. The van der Waals surface area contributed by atoms with E-state index in [4.69, 9.17) is 16.7 Å². The first kappa shape index (κ1) is 15.6. The Labute approximate surface area is 113 Å². The van der Waals surface area contributed by atoms with Gasteiger partial charge < -0.3 is 5.11 Å². The summed E-state index contributed by atoms with van der Waals surface area (Å²) in [5, 5.41) is 9.42. The van der Waals surface area contributed by atoms with E-state index in [9.17, 15) is 18.0 Å². The van der Waals surface area contributed by atoms with Crippen molar-refractivity contribution in [2.24, 2.45) is 0 Å². The lowest BCUT2D eigenvalue weighted by Crippen LogP contribution is -2.24. The van der Waals surface area contributed by atoms with Crippen LogP contribution in [0.3, 0.4) is 0 Å². The van der Waals surface area contributed by atoms with E-state index in [0.717, 1.165) is 6.08 Å². The van der Waals surface area contributed by atoms with E-state index in [-0.39, 0.29) is 12.0 Å². The Kier molecular flexibility index (Phi) is 5.00. The van der Waals surface area contributed by atoms with Crippen molar-refractivity contribution >= 4 is 17.6 Å². The van der Waals surface area contributed by atoms with Crippen LogP contribution >= 0.6 is 11.6 Å². The third-order valence-corrected chi connectivity index (χ3v) is 2.76. The predicted octanol–water partition coefficient (Wildman–Crippen LogP) is 4.41. The smallest absolute Gasteiger partial charge is 0.413 e. The van der Waals surface area contributed by atoms with E-state index in [2.05, 4.69) is 0 Å². The quantitative estimate of drug-likeness (QED) is 0.835. The van der Waals surface area contributed by atoms with Gasteiger partial charge in [-0.25, -0.2) is 0 Å². The molecule has 0 bridgehead atoms. The molecule has 0 saturated heterocycles. The molecule has 0 saturated carbocycles. The van der Waals surface area contributed by atoms with Crippen LogP contribution in [0.2, 0.25) is 5.02 Å². The highest BCUT2D eigenvalue weighted by molar-refractivity contribution is 6.30. The fourth-order valence-electron chi connectivity index (χ4n) is 1.73. The average molecular weight is 293 g/mol. The number of hydrogen-bond acceptors (Lipinski definition) is 1. The van der Waals surface area contributed by atoms with Gasteiger partial charge in [0.2, 0.25) is 0 Å². The molecule has 0 spiro atoms. The fraction of sp³-hybridized carbons (Fsp3) is 0.308. The summed E-state index contributed by atoms with van der Waals surface area (Å²) in [5.41, 5.74) is -1.02. The SMILES string of the molecule is CCC=C(C(C(=O)O)c1ccc(Cl)cc1)C(F)(F)F. The number of benzene rings is 1. The standard InChI is InChI=1S/C13H12ClF3O2/c1-2-3-10(13(15,16)17)11(12(18)19)8-4-6-9(14)7-5-8/h3-7,11H,2H2,1H3,(H,18,19). The minimum Gasteiger partial charge on any atom is -0.481 e. The van der Waals surface area contributed by atoms with E-state index in [1.165, 1.54) is 31.2 Å². The number of carboxylic acid groups (broad SMARTS) is 1. The van der Waals surface area contributed by atoms with Crippen LogP contribution in [0.4, 0.5) is 13.2 Å². The molecule has 0 heterocycles. The van der Waals surface area contributed by atoms with Crippen LogP contribution < -0.4 is 0 Å². The number of halogens is 4. The van der Waals surface area contributed by atoms with E-state index in [1.807, 2.05) is 0 Å². The molecule has 1 N–H and O–H groups in total. The monoisotopic (exact) mass is 292 g/mol. The number of alkyl halides is 3. The third kappa shape index (κ3) is 3.99. The Morgan fingerprint density at radius 3 is 2.26 bits per heavy atom. The van der Waals surface area contributed by atoms with Crippen LogP contribution in [-0.4, -0.2) is 17.3 Å². The minimum atomic E-state index is -4.68. The van der Waals surface area contributed by atoms with Crippen molar-refractivity contribution in [2.45, 2.75) is 25.4 Å². The second kappa shape index (κ2) is 6.10. The molecule has 19 heavy (non-hydrogen) atoms. The van der Waals surface area contributed by atoms with E-state index in [1.54, 1.807) is 0 Å². The maximum absolute atomic E-state index is 12.9. The summed E-state index contributed by atoms with van der Waals surface area (Å²) in [6.45, 7) is 1.52. The Balaban J connectivity index is 3.30.